The number of rotatable bonds is 7. The van der Waals surface area contributed by atoms with Gasteiger partial charge in [0.15, 0.2) is 0 Å². The van der Waals surface area contributed by atoms with Gasteiger partial charge in [-0.25, -0.2) is 14.6 Å². The molecule has 24 heavy (non-hydrogen) atoms. The van der Waals surface area contributed by atoms with Crippen LogP contribution in [-0.2, 0) is 25.7 Å². The molecule has 0 fully saturated rings. The lowest BCUT2D eigenvalue weighted by atomic mass is 10.2. The third kappa shape index (κ3) is 4.70. The lowest BCUT2D eigenvalue weighted by Crippen LogP contribution is -2.37. The summed E-state index contributed by atoms with van der Waals surface area (Å²) in [5.74, 6) is -1.14. The van der Waals surface area contributed by atoms with Gasteiger partial charge in [0.05, 0.1) is 20.4 Å². The van der Waals surface area contributed by atoms with Crippen LogP contribution >= 0.6 is 0 Å². The lowest BCUT2D eigenvalue weighted by molar-refractivity contribution is -0.163. The molecule has 1 heterocycles. The molecule has 0 aliphatic carbocycles. The van der Waals surface area contributed by atoms with Crippen molar-refractivity contribution in [1.82, 2.24) is 4.98 Å². The topological polar surface area (TPSA) is 84.0 Å². The van der Waals surface area contributed by atoms with E-state index < -0.39 is 18.0 Å². The number of carbonyl (C=O) groups is 2. The van der Waals surface area contributed by atoms with Gasteiger partial charge in [0.25, 0.3) is 6.10 Å². The van der Waals surface area contributed by atoms with E-state index in [2.05, 4.69) is 14.5 Å². The molecule has 126 valence electrons. The summed E-state index contributed by atoms with van der Waals surface area (Å²) in [4.78, 5) is 27.1. The van der Waals surface area contributed by atoms with Crippen molar-refractivity contribution < 1.29 is 28.5 Å². The van der Waals surface area contributed by atoms with Crippen molar-refractivity contribution in [2.24, 2.45) is 0 Å². The molecule has 0 atom stereocenters. The van der Waals surface area contributed by atoms with E-state index in [0.717, 1.165) is 19.8 Å². The van der Waals surface area contributed by atoms with Crippen molar-refractivity contribution in [3.63, 3.8) is 0 Å². The fourth-order valence-corrected chi connectivity index (χ4v) is 1.79. The van der Waals surface area contributed by atoms with Crippen LogP contribution in [0.4, 0.5) is 0 Å². The Kier molecular flexibility index (Phi) is 6.13. The maximum Gasteiger partial charge on any atom is 0.359 e. The molecule has 0 spiro atoms. The third-order valence-corrected chi connectivity index (χ3v) is 3.03. The van der Waals surface area contributed by atoms with Gasteiger partial charge in [-0.3, -0.25) is 0 Å². The van der Waals surface area contributed by atoms with Crippen molar-refractivity contribution in [1.29, 1.82) is 0 Å². The largest absolute Gasteiger partial charge is 0.487 e. The first-order valence-electron chi connectivity index (χ1n) is 7.09. The van der Waals surface area contributed by atoms with Crippen LogP contribution in [0, 0.1) is 0 Å². The van der Waals surface area contributed by atoms with E-state index in [1.807, 2.05) is 30.3 Å². The van der Waals surface area contributed by atoms with E-state index in [4.69, 9.17) is 9.47 Å². The monoisotopic (exact) mass is 331 g/mol. The van der Waals surface area contributed by atoms with Crippen LogP contribution < -0.4 is 9.47 Å². The zero-order valence-corrected chi connectivity index (χ0v) is 13.3. The van der Waals surface area contributed by atoms with E-state index in [0.29, 0.717) is 12.4 Å². The number of hydrogen-bond acceptors (Lipinski definition) is 7. The minimum atomic E-state index is -1.52. The molecular formula is C17H17NO6. The number of methoxy groups -OCH3 is 2. The van der Waals surface area contributed by atoms with Gasteiger partial charge in [-0.2, -0.15) is 0 Å². The molecule has 7 heteroatoms. The molecule has 7 nitrogen and oxygen atoms in total. The molecule has 0 aliphatic heterocycles. The summed E-state index contributed by atoms with van der Waals surface area (Å²) in [7, 11) is 2.30. The van der Waals surface area contributed by atoms with Crippen LogP contribution in [0.2, 0.25) is 0 Å². The highest BCUT2D eigenvalue weighted by molar-refractivity contribution is 5.98. The Morgan fingerprint density at radius 1 is 1.00 bits per heavy atom. The van der Waals surface area contributed by atoms with Crippen LogP contribution in [0.5, 0.6) is 11.6 Å². The second-order valence-electron chi connectivity index (χ2n) is 4.65. The molecule has 0 bridgehead atoms. The maximum absolute atomic E-state index is 11.5. The fraction of sp³-hybridized carbons (Fsp3) is 0.235. The first-order valence-corrected chi connectivity index (χ1v) is 7.09. The second kappa shape index (κ2) is 8.52. The molecule has 1 aromatic carbocycles. The molecule has 0 saturated heterocycles. The number of nitrogens with zero attached hydrogens (tertiary/aromatic N) is 1. The van der Waals surface area contributed by atoms with E-state index >= 15 is 0 Å². The summed E-state index contributed by atoms with van der Waals surface area (Å²) in [5.41, 5.74) is 1.02. The smallest absolute Gasteiger partial charge is 0.359 e. The number of carbonyl (C=O) groups excluding carboxylic acids is 2. The fourth-order valence-electron chi connectivity index (χ4n) is 1.79. The SMILES string of the molecule is COC(=O)C(Oc1ccc(OCc2ccccc2)cn1)C(=O)OC. The predicted molar refractivity (Wildman–Crippen MR) is 83.5 cm³/mol. The van der Waals surface area contributed by atoms with Gasteiger partial charge in [0, 0.05) is 6.07 Å². The highest BCUT2D eigenvalue weighted by atomic mass is 16.6. The number of aromatic nitrogens is 1. The van der Waals surface area contributed by atoms with Gasteiger partial charge in [-0.1, -0.05) is 30.3 Å². The second-order valence-corrected chi connectivity index (χ2v) is 4.65. The van der Waals surface area contributed by atoms with Gasteiger partial charge in [-0.15, -0.1) is 0 Å². The average Bonchev–Trinajstić information content (AvgIpc) is 2.65. The van der Waals surface area contributed by atoms with Crippen molar-refractivity contribution in [2.75, 3.05) is 14.2 Å². The first-order chi connectivity index (χ1) is 11.6. The number of benzene rings is 1. The van der Waals surface area contributed by atoms with Gasteiger partial charge >= 0.3 is 11.9 Å². The molecule has 2 aromatic rings. The number of esters is 2. The quantitative estimate of drug-likeness (QED) is 0.564. The van der Waals surface area contributed by atoms with Crippen LogP contribution in [0.3, 0.4) is 0 Å². The first kappa shape index (κ1) is 17.3. The normalized spacial score (nSPS) is 10.1. The van der Waals surface area contributed by atoms with Crippen LogP contribution in [0.15, 0.2) is 48.7 Å². The van der Waals surface area contributed by atoms with Crippen molar-refractivity contribution in [2.45, 2.75) is 12.7 Å². The van der Waals surface area contributed by atoms with Gasteiger partial charge in [0.2, 0.25) is 5.88 Å². The van der Waals surface area contributed by atoms with Gasteiger partial charge in [-0.05, 0) is 11.6 Å². The molecular weight excluding hydrogens is 314 g/mol. The Morgan fingerprint density at radius 3 is 2.21 bits per heavy atom. The van der Waals surface area contributed by atoms with Crippen molar-refractivity contribution in [3.05, 3.63) is 54.2 Å². The maximum atomic E-state index is 11.5. The van der Waals surface area contributed by atoms with E-state index in [9.17, 15) is 9.59 Å². The molecule has 0 radical (unpaired) electrons. The number of hydrogen-bond donors (Lipinski definition) is 0. The van der Waals surface area contributed by atoms with Gasteiger partial charge < -0.3 is 18.9 Å². The minimum absolute atomic E-state index is 0.0721. The lowest BCUT2D eigenvalue weighted by Gasteiger charge is -2.14. The molecule has 0 saturated carbocycles. The summed E-state index contributed by atoms with van der Waals surface area (Å²) in [6.45, 7) is 0.398. The van der Waals surface area contributed by atoms with Crippen LogP contribution in [0.25, 0.3) is 0 Å². The van der Waals surface area contributed by atoms with E-state index in [1.54, 1.807) is 6.07 Å². The summed E-state index contributed by atoms with van der Waals surface area (Å²) in [6.07, 6.45) is -0.0900. The highest BCUT2D eigenvalue weighted by Gasteiger charge is 2.31. The van der Waals surface area contributed by atoms with Crippen molar-refractivity contribution in [3.8, 4) is 11.6 Å². The summed E-state index contributed by atoms with van der Waals surface area (Å²) < 4.78 is 19.8. The van der Waals surface area contributed by atoms with Crippen LogP contribution in [0.1, 0.15) is 5.56 Å². The summed E-state index contributed by atoms with van der Waals surface area (Å²) in [5, 5.41) is 0. The highest BCUT2D eigenvalue weighted by Crippen LogP contribution is 2.17. The molecule has 0 N–H and O–H groups in total. The average molecular weight is 331 g/mol. The molecule has 1 aromatic heterocycles. The van der Waals surface area contributed by atoms with Crippen LogP contribution in [-0.4, -0.2) is 37.2 Å². The standard InChI is InChI=1S/C17H17NO6/c1-21-16(19)15(17(20)22-2)24-14-9-8-13(10-18-14)23-11-12-6-4-3-5-7-12/h3-10,15H,11H2,1-2H3. The Labute approximate surface area is 139 Å². The zero-order chi connectivity index (χ0) is 17.4. The third-order valence-electron chi connectivity index (χ3n) is 3.03. The molecule has 0 amide bonds. The Morgan fingerprint density at radius 2 is 1.67 bits per heavy atom. The molecule has 0 unspecified atom stereocenters. The number of ether oxygens (including phenoxy) is 4. The Bertz CT molecular complexity index is 655. The minimum Gasteiger partial charge on any atom is -0.487 e. The molecule has 0 aliphatic rings. The zero-order valence-electron chi connectivity index (χ0n) is 13.3. The van der Waals surface area contributed by atoms with Crippen molar-refractivity contribution >= 4 is 11.9 Å². The summed E-state index contributed by atoms with van der Waals surface area (Å²) in [6, 6.07) is 12.8. The molecule has 2 rings (SSSR count). The Balaban J connectivity index is 1.97. The Hall–Kier alpha value is -3.09. The summed E-state index contributed by atoms with van der Waals surface area (Å²) >= 11 is 0. The van der Waals surface area contributed by atoms with Gasteiger partial charge in [0.1, 0.15) is 12.4 Å². The van der Waals surface area contributed by atoms with E-state index in [1.165, 1.54) is 12.3 Å². The van der Waals surface area contributed by atoms with E-state index in [-0.39, 0.29) is 5.88 Å². The predicted octanol–water partition coefficient (Wildman–Crippen LogP) is 1.75. The number of pyridine rings is 1.